The second-order valence-electron chi connectivity index (χ2n) is 6.03. The van der Waals surface area contributed by atoms with Crippen LogP contribution >= 0.6 is 24.0 Å². The van der Waals surface area contributed by atoms with Gasteiger partial charge in [-0.15, -0.1) is 12.4 Å². The maximum Gasteiger partial charge on any atom is 0.0408 e. The van der Waals surface area contributed by atoms with Gasteiger partial charge in [0.05, 0.1) is 0 Å². The first-order valence-electron chi connectivity index (χ1n) is 7.64. The number of hydrogen-bond donors (Lipinski definition) is 1. The van der Waals surface area contributed by atoms with E-state index in [1.54, 1.807) is 0 Å². The van der Waals surface area contributed by atoms with Gasteiger partial charge < -0.3 is 5.32 Å². The predicted octanol–water partition coefficient (Wildman–Crippen LogP) is 2.55. The molecule has 0 radical (unpaired) electrons. The van der Waals surface area contributed by atoms with E-state index in [0.29, 0.717) is 0 Å². The topological polar surface area (TPSA) is 18.5 Å². The van der Waals surface area contributed by atoms with Gasteiger partial charge in [0.25, 0.3) is 0 Å². The second-order valence-corrected chi connectivity index (χ2v) is 6.47. The molecule has 1 N–H and O–H groups in total. The Morgan fingerprint density at radius 1 is 1.24 bits per heavy atom. The summed E-state index contributed by atoms with van der Waals surface area (Å²) >= 11 is 6.03. The number of hydrogen-bond acceptors (Lipinski definition) is 3. The largest absolute Gasteiger partial charge is 0.314 e. The Balaban J connectivity index is 0.00000161. The van der Waals surface area contributed by atoms with Crippen LogP contribution in [0.2, 0.25) is 5.02 Å². The SMILES string of the molecule is Cc1cc(Cl)ccc1CN1CCC(N2CCNCC2)C1.Cl. The minimum absolute atomic E-state index is 0. The summed E-state index contributed by atoms with van der Waals surface area (Å²) in [5.74, 6) is 0. The molecule has 0 aliphatic carbocycles. The van der Waals surface area contributed by atoms with Crippen molar-refractivity contribution in [3.05, 3.63) is 34.3 Å². The Morgan fingerprint density at radius 2 is 2.00 bits per heavy atom. The van der Waals surface area contributed by atoms with Crippen molar-refractivity contribution in [2.24, 2.45) is 0 Å². The molecule has 1 unspecified atom stereocenters. The van der Waals surface area contributed by atoms with E-state index in [4.69, 9.17) is 11.6 Å². The number of halogens is 2. The summed E-state index contributed by atoms with van der Waals surface area (Å²) in [4.78, 5) is 5.24. The van der Waals surface area contributed by atoms with Crippen LogP contribution in [0, 0.1) is 6.92 Å². The van der Waals surface area contributed by atoms with Gasteiger partial charge in [-0.3, -0.25) is 9.80 Å². The molecule has 0 bridgehead atoms. The van der Waals surface area contributed by atoms with Crippen LogP contribution in [0.15, 0.2) is 18.2 Å². The average Bonchev–Trinajstić information content (AvgIpc) is 2.92. The standard InChI is InChI=1S/C16H24ClN3.ClH/c1-13-10-15(17)3-2-14(13)11-19-7-4-16(12-19)20-8-5-18-6-9-20;/h2-3,10,16,18H,4-9,11-12H2,1H3;1H. The fourth-order valence-electron chi connectivity index (χ4n) is 3.38. The Bertz CT molecular complexity index is 461. The number of rotatable bonds is 3. The van der Waals surface area contributed by atoms with Crippen LogP contribution < -0.4 is 5.32 Å². The first-order chi connectivity index (χ1) is 9.72. The van der Waals surface area contributed by atoms with E-state index in [-0.39, 0.29) is 12.4 Å². The Labute approximate surface area is 139 Å². The normalized spacial score (nSPS) is 24.0. The molecule has 3 rings (SSSR count). The Hall–Kier alpha value is -0.320. The number of piperazine rings is 1. The highest BCUT2D eigenvalue weighted by molar-refractivity contribution is 6.30. The van der Waals surface area contributed by atoms with E-state index < -0.39 is 0 Å². The molecular weight excluding hydrogens is 305 g/mol. The van der Waals surface area contributed by atoms with Crippen LogP contribution in [0.1, 0.15) is 17.5 Å². The highest BCUT2D eigenvalue weighted by atomic mass is 35.5. The molecule has 0 aromatic heterocycles. The van der Waals surface area contributed by atoms with E-state index >= 15 is 0 Å². The van der Waals surface area contributed by atoms with Gasteiger partial charge in [-0.05, 0) is 36.6 Å². The van der Waals surface area contributed by atoms with Gasteiger partial charge in [-0.25, -0.2) is 0 Å². The summed E-state index contributed by atoms with van der Waals surface area (Å²) in [5, 5.41) is 4.27. The molecule has 2 aliphatic rings. The van der Waals surface area contributed by atoms with Crippen LogP contribution in [0.3, 0.4) is 0 Å². The maximum absolute atomic E-state index is 6.03. The number of likely N-dealkylation sites (tertiary alicyclic amines) is 1. The average molecular weight is 330 g/mol. The lowest BCUT2D eigenvalue weighted by Crippen LogP contribution is -2.49. The van der Waals surface area contributed by atoms with Crippen molar-refractivity contribution in [2.45, 2.75) is 25.9 Å². The van der Waals surface area contributed by atoms with E-state index in [2.05, 4.69) is 34.2 Å². The molecule has 0 saturated carbocycles. The fourth-order valence-corrected chi connectivity index (χ4v) is 3.61. The van der Waals surface area contributed by atoms with Crippen molar-refractivity contribution in [1.29, 1.82) is 0 Å². The molecule has 5 heteroatoms. The minimum Gasteiger partial charge on any atom is -0.314 e. The molecule has 118 valence electrons. The highest BCUT2D eigenvalue weighted by Crippen LogP contribution is 2.21. The third-order valence-electron chi connectivity index (χ3n) is 4.61. The van der Waals surface area contributed by atoms with Crippen molar-refractivity contribution in [1.82, 2.24) is 15.1 Å². The second kappa shape index (κ2) is 7.80. The van der Waals surface area contributed by atoms with Crippen molar-refractivity contribution in [3.8, 4) is 0 Å². The van der Waals surface area contributed by atoms with Crippen molar-refractivity contribution in [3.63, 3.8) is 0 Å². The van der Waals surface area contributed by atoms with E-state index in [1.165, 1.54) is 43.7 Å². The molecular formula is C16H25Cl2N3. The summed E-state index contributed by atoms with van der Waals surface area (Å²) < 4.78 is 0. The van der Waals surface area contributed by atoms with Crippen molar-refractivity contribution < 1.29 is 0 Å². The number of benzene rings is 1. The van der Waals surface area contributed by atoms with Crippen LogP contribution in [0.25, 0.3) is 0 Å². The Morgan fingerprint density at radius 3 is 2.71 bits per heavy atom. The van der Waals surface area contributed by atoms with Gasteiger partial charge in [0.1, 0.15) is 0 Å². The molecule has 0 spiro atoms. The molecule has 1 aromatic rings. The summed E-state index contributed by atoms with van der Waals surface area (Å²) in [5.41, 5.74) is 2.72. The van der Waals surface area contributed by atoms with Gasteiger partial charge in [-0.1, -0.05) is 17.7 Å². The zero-order chi connectivity index (χ0) is 13.9. The van der Waals surface area contributed by atoms with Crippen LogP contribution in [-0.4, -0.2) is 55.1 Å². The lowest BCUT2D eigenvalue weighted by atomic mass is 10.1. The Kier molecular flexibility index (Phi) is 6.33. The highest BCUT2D eigenvalue weighted by Gasteiger charge is 2.28. The van der Waals surface area contributed by atoms with Gasteiger partial charge in [-0.2, -0.15) is 0 Å². The predicted molar refractivity (Wildman–Crippen MR) is 91.6 cm³/mol. The first-order valence-corrected chi connectivity index (χ1v) is 8.02. The minimum atomic E-state index is 0. The third-order valence-corrected chi connectivity index (χ3v) is 4.85. The molecule has 2 fully saturated rings. The van der Waals surface area contributed by atoms with Gasteiger partial charge in [0.15, 0.2) is 0 Å². The van der Waals surface area contributed by atoms with E-state index in [0.717, 1.165) is 30.7 Å². The summed E-state index contributed by atoms with van der Waals surface area (Å²) in [6.45, 7) is 10.4. The molecule has 2 saturated heterocycles. The van der Waals surface area contributed by atoms with E-state index in [9.17, 15) is 0 Å². The van der Waals surface area contributed by atoms with Crippen LogP contribution in [0.4, 0.5) is 0 Å². The van der Waals surface area contributed by atoms with Crippen LogP contribution in [0.5, 0.6) is 0 Å². The zero-order valence-corrected chi connectivity index (χ0v) is 14.2. The number of aryl methyl sites for hydroxylation is 1. The third kappa shape index (κ3) is 4.33. The maximum atomic E-state index is 6.03. The number of nitrogens with zero attached hydrogens (tertiary/aromatic N) is 2. The van der Waals surface area contributed by atoms with Gasteiger partial charge in [0.2, 0.25) is 0 Å². The van der Waals surface area contributed by atoms with Crippen molar-refractivity contribution in [2.75, 3.05) is 39.3 Å². The van der Waals surface area contributed by atoms with Crippen LogP contribution in [-0.2, 0) is 6.54 Å². The quantitative estimate of drug-likeness (QED) is 0.919. The molecule has 21 heavy (non-hydrogen) atoms. The van der Waals surface area contributed by atoms with Crippen molar-refractivity contribution >= 4 is 24.0 Å². The lowest BCUT2D eigenvalue weighted by Gasteiger charge is -2.32. The molecule has 3 nitrogen and oxygen atoms in total. The smallest absolute Gasteiger partial charge is 0.0408 e. The lowest BCUT2D eigenvalue weighted by molar-refractivity contribution is 0.170. The molecule has 2 heterocycles. The fraction of sp³-hybridized carbons (Fsp3) is 0.625. The first kappa shape index (κ1) is 17.0. The monoisotopic (exact) mass is 329 g/mol. The summed E-state index contributed by atoms with van der Waals surface area (Å²) in [6, 6.07) is 7.01. The van der Waals surface area contributed by atoms with E-state index in [1.807, 2.05) is 6.07 Å². The van der Waals surface area contributed by atoms with Gasteiger partial charge in [0, 0.05) is 56.9 Å². The zero-order valence-electron chi connectivity index (χ0n) is 12.6. The van der Waals surface area contributed by atoms with Gasteiger partial charge >= 0.3 is 0 Å². The summed E-state index contributed by atoms with van der Waals surface area (Å²) in [7, 11) is 0. The molecule has 0 amide bonds. The summed E-state index contributed by atoms with van der Waals surface area (Å²) in [6.07, 6.45) is 1.31. The molecule has 1 aromatic carbocycles. The number of nitrogens with one attached hydrogen (secondary N) is 1. The molecule has 1 atom stereocenters. The molecule has 2 aliphatic heterocycles.